The second-order valence-electron chi connectivity index (χ2n) is 1.94. The van der Waals surface area contributed by atoms with Gasteiger partial charge < -0.3 is 21.3 Å². The van der Waals surface area contributed by atoms with Gasteiger partial charge in [-0.3, -0.25) is 0 Å². The second-order valence-corrected chi connectivity index (χ2v) is 1.94. The number of rotatable bonds is 0. The molecule has 0 saturated heterocycles. The van der Waals surface area contributed by atoms with Gasteiger partial charge in [-0.25, -0.2) is 0 Å². The summed E-state index contributed by atoms with van der Waals surface area (Å²) in [5.41, 5.74) is 0. The fraction of sp³-hybridized carbons (Fsp3) is 0.600. The van der Waals surface area contributed by atoms with Crippen LogP contribution < -0.4 is 0 Å². The number of H-pyrrole nitrogens is 1. The predicted octanol–water partition coefficient (Wildman–Crippen LogP) is -0.220. The largest absolute Gasteiger partial charge is 0.352 e. The summed E-state index contributed by atoms with van der Waals surface area (Å²) < 4.78 is 0. The Labute approximate surface area is 80.1 Å². The van der Waals surface area contributed by atoms with Crippen molar-refractivity contribution in [3.63, 3.8) is 0 Å². The molecule has 56 valence electrons. The minimum Gasteiger partial charge on any atom is -0.352 e. The maximum atomic E-state index is 3.29. The first-order valence-electron chi connectivity index (χ1n) is 2.57. The van der Waals surface area contributed by atoms with E-state index < -0.39 is 0 Å². The van der Waals surface area contributed by atoms with Crippen LogP contribution >= 0.6 is 0 Å². The van der Waals surface area contributed by atoms with Crippen molar-refractivity contribution in [1.82, 2.24) is 20.3 Å². The van der Waals surface area contributed by atoms with Crippen LogP contribution in [-0.4, -0.2) is 41.5 Å². The number of aromatic nitrogens is 3. The smallest absolute Gasteiger partial charge is 0 e. The Morgan fingerprint density at radius 3 is 2.00 bits per heavy atom. The Balaban J connectivity index is 0. The molecule has 4 nitrogen and oxygen atoms in total. The Bertz CT molecular complexity index is 97.2. The molecule has 0 saturated carbocycles. The summed E-state index contributed by atoms with van der Waals surface area (Å²) in [7, 11) is 6.00. The van der Waals surface area contributed by atoms with Crippen molar-refractivity contribution < 1.29 is 26.2 Å². The van der Waals surface area contributed by atoms with Gasteiger partial charge in [-0.2, -0.15) is 0 Å². The summed E-state index contributed by atoms with van der Waals surface area (Å²) in [6, 6.07) is 0. The minimum atomic E-state index is 0. The number of hydrogen-bond donors (Lipinski definition) is 1. The summed E-state index contributed by atoms with van der Waals surface area (Å²) >= 11 is 0. The molecule has 0 aliphatic rings. The van der Waals surface area contributed by atoms with Gasteiger partial charge in [0.2, 0.25) is 0 Å². The summed E-state index contributed by atoms with van der Waals surface area (Å²) in [5.74, 6) is 0. The van der Waals surface area contributed by atoms with E-state index in [-0.39, 0.29) is 26.2 Å². The molecule has 0 atom stereocenters. The van der Waals surface area contributed by atoms with E-state index in [1.54, 1.807) is 0 Å². The summed E-state index contributed by atoms with van der Waals surface area (Å²) in [5, 5.41) is 9.03. The third kappa shape index (κ3) is 15.7. The van der Waals surface area contributed by atoms with Crippen LogP contribution in [0.3, 0.4) is 0 Å². The molecule has 0 aliphatic heterocycles. The predicted molar refractivity (Wildman–Crippen MR) is 34.8 cm³/mol. The molecule has 0 amide bonds. The van der Waals surface area contributed by atoms with Gasteiger partial charge in [0, 0.05) is 26.2 Å². The number of aromatic amines is 1. The van der Waals surface area contributed by atoms with Gasteiger partial charge in [0.05, 0.1) is 0 Å². The first-order chi connectivity index (χ1) is 4.23. The summed E-state index contributed by atoms with van der Waals surface area (Å²) in [6.45, 7) is 0. The molecule has 0 spiro atoms. The molecule has 0 unspecified atom stereocenters. The van der Waals surface area contributed by atoms with Crippen LogP contribution in [-0.2, 0) is 26.2 Å². The van der Waals surface area contributed by atoms with Crippen molar-refractivity contribution in [2.45, 2.75) is 0 Å². The van der Waals surface area contributed by atoms with Gasteiger partial charge >= 0.3 is 0 Å². The van der Waals surface area contributed by atoms with Crippen molar-refractivity contribution in [1.29, 1.82) is 0 Å². The first-order valence-corrected chi connectivity index (χ1v) is 2.57. The van der Waals surface area contributed by atoms with Crippen molar-refractivity contribution in [2.24, 2.45) is 0 Å². The normalized spacial score (nSPS) is 7.60. The maximum Gasteiger partial charge on any atom is 0 e. The molecule has 0 aliphatic carbocycles. The van der Waals surface area contributed by atoms with Crippen LogP contribution in [0.15, 0.2) is 6.20 Å². The third-order valence-electron chi connectivity index (χ3n) is 0.295. The van der Waals surface area contributed by atoms with Gasteiger partial charge in [-0.15, -0.1) is 11.4 Å². The molecule has 1 aromatic heterocycles. The molecule has 1 heterocycles. The fourth-order valence-electron chi connectivity index (χ4n) is 0.144. The zero-order valence-corrected chi connectivity index (χ0v) is 8.88. The van der Waals surface area contributed by atoms with E-state index in [1.807, 2.05) is 26.0 Å². The SMILES string of the molecule is CN(C)C.[Zr].[c-]1c[nH]nn1. The van der Waals surface area contributed by atoms with Crippen molar-refractivity contribution in [3.8, 4) is 0 Å². The standard InChI is InChI=1S/C3H9N.C2H2N3.Zr/c1-4(2)3;1-2-4-5-3-1;/h1-3H3;1H,(H,3,4,5);/q;-1;. The second kappa shape index (κ2) is 8.98. The zero-order valence-electron chi connectivity index (χ0n) is 6.42. The molecule has 0 aromatic carbocycles. The number of nitrogens with zero attached hydrogens (tertiary/aromatic N) is 3. The van der Waals surface area contributed by atoms with Gasteiger partial charge in [-0.1, -0.05) is 0 Å². The quantitative estimate of drug-likeness (QED) is 0.612. The minimum absolute atomic E-state index is 0. The van der Waals surface area contributed by atoms with E-state index in [1.165, 1.54) is 6.20 Å². The fourth-order valence-corrected chi connectivity index (χ4v) is 0.144. The molecule has 1 N–H and O–H groups in total. The molecule has 0 bridgehead atoms. The summed E-state index contributed by atoms with van der Waals surface area (Å²) in [4.78, 5) is 2.00. The van der Waals surface area contributed by atoms with Crippen LogP contribution in [0.1, 0.15) is 0 Å². The molecule has 10 heavy (non-hydrogen) atoms. The molecular formula is C5H11N4Zr-. The average molecular weight is 218 g/mol. The monoisotopic (exact) mass is 217 g/mol. The van der Waals surface area contributed by atoms with Crippen molar-refractivity contribution in [2.75, 3.05) is 21.1 Å². The van der Waals surface area contributed by atoms with E-state index in [9.17, 15) is 0 Å². The molecule has 1 rings (SSSR count). The van der Waals surface area contributed by atoms with Gasteiger partial charge in [-0.05, 0) is 21.1 Å². The maximum absolute atomic E-state index is 3.29. The van der Waals surface area contributed by atoms with E-state index in [2.05, 4.69) is 21.6 Å². The third-order valence-corrected chi connectivity index (χ3v) is 0.295. The molecule has 5 heteroatoms. The van der Waals surface area contributed by atoms with Crippen LogP contribution in [0, 0.1) is 6.20 Å². The van der Waals surface area contributed by atoms with E-state index >= 15 is 0 Å². The molecule has 1 aromatic rings. The average Bonchev–Trinajstić information content (AvgIpc) is 2.11. The van der Waals surface area contributed by atoms with Gasteiger partial charge in [0.1, 0.15) is 0 Å². The van der Waals surface area contributed by atoms with Gasteiger partial charge in [0.15, 0.2) is 0 Å². The molecule has 0 fully saturated rings. The molecule has 0 radical (unpaired) electrons. The topological polar surface area (TPSA) is 44.8 Å². The first kappa shape index (κ1) is 12.6. The van der Waals surface area contributed by atoms with E-state index in [0.29, 0.717) is 0 Å². The van der Waals surface area contributed by atoms with Crippen molar-refractivity contribution >= 4 is 0 Å². The van der Waals surface area contributed by atoms with Crippen LogP contribution in [0.4, 0.5) is 0 Å². The Morgan fingerprint density at radius 1 is 1.40 bits per heavy atom. The van der Waals surface area contributed by atoms with Crippen LogP contribution in [0.5, 0.6) is 0 Å². The number of hydrogen-bond acceptors (Lipinski definition) is 3. The van der Waals surface area contributed by atoms with E-state index in [4.69, 9.17) is 0 Å². The molecular weight excluding hydrogens is 207 g/mol. The van der Waals surface area contributed by atoms with Gasteiger partial charge in [0.25, 0.3) is 0 Å². The summed E-state index contributed by atoms with van der Waals surface area (Å²) in [6.07, 6.45) is 3.97. The Hall–Kier alpha value is -0.0169. The van der Waals surface area contributed by atoms with Crippen LogP contribution in [0.2, 0.25) is 0 Å². The van der Waals surface area contributed by atoms with E-state index in [0.717, 1.165) is 0 Å². The van der Waals surface area contributed by atoms with Crippen molar-refractivity contribution in [3.05, 3.63) is 12.4 Å². The zero-order chi connectivity index (χ0) is 7.11. The Morgan fingerprint density at radius 2 is 1.90 bits per heavy atom. The number of nitrogens with one attached hydrogen (secondary N) is 1. The Kier molecular flexibility index (Phi) is 11.4. The van der Waals surface area contributed by atoms with Crippen LogP contribution in [0.25, 0.3) is 0 Å².